The van der Waals surface area contributed by atoms with Crippen LogP contribution in [0.5, 0.6) is 0 Å². The minimum absolute atomic E-state index is 0.0602. The summed E-state index contributed by atoms with van der Waals surface area (Å²) in [4.78, 5) is 17.3. The van der Waals surface area contributed by atoms with Crippen LogP contribution < -0.4 is 0 Å². The number of carboxylic acid groups (broad SMARTS) is 1. The Kier molecular flexibility index (Phi) is 4.58. The summed E-state index contributed by atoms with van der Waals surface area (Å²) in [6, 6.07) is 0.616. The zero-order valence-electron chi connectivity index (χ0n) is 11.6. The van der Waals surface area contributed by atoms with Gasteiger partial charge in [0.1, 0.15) is 6.26 Å². The van der Waals surface area contributed by atoms with Crippen molar-refractivity contribution in [1.82, 2.24) is 9.88 Å². The maximum atomic E-state index is 10.6. The monoisotopic (exact) mass is 266 g/mol. The van der Waals surface area contributed by atoms with Gasteiger partial charge in [0.2, 0.25) is 0 Å². The molecule has 0 spiro atoms. The number of hydrogen-bond acceptors (Lipinski definition) is 4. The van der Waals surface area contributed by atoms with Crippen LogP contribution in [0.3, 0.4) is 0 Å². The van der Waals surface area contributed by atoms with Crippen molar-refractivity contribution in [3.63, 3.8) is 0 Å². The molecule has 0 saturated carbocycles. The van der Waals surface area contributed by atoms with Crippen LogP contribution in [0.1, 0.15) is 38.3 Å². The van der Waals surface area contributed by atoms with E-state index in [0.29, 0.717) is 23.5 Å². The first-order valence-corrected chi connectivity index (χ1v) is 6.93. The fourth-order valence-electron chi connectivity index (χ4n) is 2.60. The molecule has 19 heavy (non-hydrogen) atoms. The summed E-state index contributed by atoms with van der Waals surface area (Å²) in [7, 11) is 0. The van der Waals surface area contributed by atoms with Gasteiger partial charge in [0.05, 0.1) is 12.1 Å². The van der Waals surface area contributed by atoms with Crippen LogP contribution >= 0.6 is 0 Å². The Bertz CT molecular complexity index is 420. The molecule has 0 atom stereocenters. The van der Waals surface area contributed by atoms with Crippen molar-refractivity contribution in [3.8, 4) is 0 Å². The second-order valence-corrected chi connectivity index (χ2v) is 5.58. The first kappa shape index (κ1) is 14.1. The summed E-state index contributed by atoms with van der Waals surface area (Å²) >= 11 is 0. The Labute approximate surface area is 113 Å². The van der Waals surface area contributed by atoms with Gasteiger partial charge in [-0.25, -0.2) is 4.98 Å². The van der Waals surface area contributed by atoms with Crippen LogP contribution in [-0.2, 0) is 17.6 Å². The molecule has 1 aliphatic heterocycles. The second-order valence-electron chi connectivity index (χ2n) is 5.58. The van der Waals surface area contributed by atoms with Gasteiger partial charge >= 0.3 is 5.97 Å². The lowest BCUT2D eigenvalue weighted by Gasteiger charge is -2.34. The number of carbonyl (C=O) groups is 1. The smallest absolute Gasteiger partial charge is 0.309 e. The molecule has 1 aliphatic rings. The highest BCUT2D eigenvalue weighted by Gasteiger charge is 2.22. The maximum Gasteiger partial charge on any atom is 0.309 e. The fourth-order valence-corrected chi connectivity index (χ4v) is 2.60. The molecule has 0 bridgehead atoms. The van der Waals surface area contributed by atoms with Crippen LogP contribution in [0, 0.1) is 5.92 Å². The standard InChI is InChI=1S/C14H22N2O3/c1-10(2)16-5-3-11(4-6-16)7-13-15-12(9-19-13)8-14(17)18/h9-11H,3-8H2,1-2H3,(H,17,18). The van der Waals surface area contributed by atoms with E-state index in [2.05, 4.69) is 23.7 Å². The number of rotatable bonds is 5. The molecule has 106 valence electrons. The van der Waals surface area contributed by atoms with Gasteiger partial charge in [-0.2, -0.15) is 0 Å². The molecule has 2 rings (SSSR count). The Morgan fingerprint density at radius 2 is 2.21 bits per heavy atom. The van der Waals surface area contributed by atoms with E-state index >= 15 is 0 Å². The van der Waals surface area contributed by atoms with E-state index in [9.17, 15) is 4.79 Å². The van der Waals surface area contributed by atoms with Gasteiger partial charge in [0, 0.05) is 12.5 Å². The van der Waals surface area contributed by atoms with E-state index in [-0.39, 0.29) is 6.42 Å². The SMILES string of the molecule is CC(C)N1CCC(Cc2nc(CC(=O)O)co2)CC1. The van der Waals surface area contributed by atoms with Crippen LogP contribution in [0.2, 0.25) is 0 Å². The molecule has 5 heteroatoms. The van der Waals surface area contributed by atoms with Gasteiger partial charge in [-0.15, -0.1) is 0 Å². The number of likely N-dealkylation sites (tertiary alicyclic amines) is 1. The van der Waals surface area contributed by atoms with E-state index in [0.717, 1.165) is 32.4 Å². The lowest BCUT2D eigenvalue weighted by atomic mass is 9.93. The third-order valence-corrected chi connectivity index (χ3v) is 3.77. The number of carboxylic acids is 1. The van der Waals surface area contributed by atoms with E-state index in [4.69, 9.17) is 9.52 Å². The van der Waals surface area contributed by atoms with Crippen molar-refractivity contribution >= 4 is 5.97 Å². The van der Waals surface area contributed by atoms with E-state index in [1.807, 2.05) is 0 Å². The molecular formula is C14H22N2O3. The molecule has 0 aromatic carbocycles. The molecule has 2 heterocycles. The van der Waals surface area contributed by atoms with Crippen molar-refractivity contribution in [2.24, 2.45) is 5.92 Å². The molecule has 0 amide bonds. The van der Waals surface area contributed by atoms with Gasteiger partial charge in [0.25, 0.3) is 0 Å². The number of nitrogens with zero attached hydrogens (tertiary/aromatic N) is 2. The van der Waals surface area contributed by atoms with Gasteiger partial charge in [0.15, 0.2) is 5.89 Å². The molecule has 0 unspecified atom stereocenters. The molecule has 1 fully saturated rings. The van der Waals surface area contributed by atoms with Crippen LogP contribution in [0.25, 0.3) is 0 Å². The predicted octanol–water partition coefficient (Wildman–Crippen LogP) is 1.96. The second kappa shape index (κ2) is 6.19. The van der Waals surface area contributed by atoms with Crippen molar-refractivity contribution < 1.29 is 14.3 Å². The predicted molar refractivity (Wildman–Crippen MR) is 71.0 cm³/mol. The van der Waals surface area contributed by atoms with Gasteiger partial charge < -0.3 is 14.4 Å². The summed E-state index contributed by atoms with van der Waals surface area (Å²) in [6.45, 7) is 6.72. The Balaban J connectivity index is 1.82. The van der Waals surface area contributed by atoms with E-state index in [1.165, 1.54) is 6.26 Å². The minimum Gasteiger partial charge on any atom is -0.481 e. The molecular weight excluding hydrogens is 244 g/mol. The number of aromatic nitrogens is 1. The molecule has 0 radical (unpaired) electrons. The first-order chi connectivity index (χ1) is 9.04. The fraction of sp³-hybridized carbons (Fsp3) is 0.714. The number of hydrogen-bond donors (Lipinski definition) is 1. The summed E-state index contributed by atoms with van der Waals surface area (Å²) in [6.07, 6.45) is 4.55. The lowest BCUT2D eigenvalue weighted by molar-refractivity contribution is -0.136. The molecule has 1 aromatic rings. The highest BCUT2D eigenvalue weighted by atomic mass is 16.4. The number of oxazole rings is 1. The topological polar surface area (TPSA) is 66.6 Å². The molecule has 0 aliphatic carbocycles. The lowest BCUT2D eigenvalue weighted by Crippen LogP contribution is -2.38. The van der Waals surface area contributed by atoms with Crippen LogP contribution in [0.4, 0.5) is 0 Å². The van der Waals surface area contributed by atoms with Gasteiger partial charge in [-0.1, -0.05) is 0 Å². The third-order valence-electron chi connectivity index (χ3n) is 3.77. The molecule has 1 saturated heterocycles. The van der Waals surface area contributed by atoms with E-state index in [1.54, 1.807) is 0 Å². The average Bonchev–Trinajstić information content (AvgIpc) is 2.76. The summed E-state index contributed by atoms with van der Waals surface area (Å²) in [5.74, 6) is 0.413. The van der Waals surface area contributed by atoms with Crippen molar-refractivity contribution in [1.29, 1.82) is 0 Å². The van der Waals surface area contributed by atoms with Crippen LogP contribution in [-0.4, -0.2) is 40.1 Å². The molecule has 1 N–H and O–H groups in total. The normalized spacial score (nSPS) is 18.1. The number of piperidine rings is 1. The Hall–Kier alpha value is -1.36. The Morgan fingerprint density at radius 1 is 1.53 bits per heavy atom. The third kappa shape index (κ3) is 4.06. The Morgan fingerprint density at radius 3 is 2.79 bits per heavy atom. The van der Waals surface area contributed by atoms with Gasteiger partial charge in [-0.3, -0.25) is 4.79 Å². The van der Waals surface area contributed by atoms with Crippen molar-refractivity contribution in [2.75, 3.05) is 13.1 Å². The zero-order chi connectivity index (χ0) is 13.8. The van der Waals surface area contributed by atoms with Crippen LogP contribution in [0.15, 0.2) is 10.7 Å². The zero-order valence-corrected chi connectivity index (χ0v) is 11.6. The molecule has 1 aromatic heterocycles. The van der Waals surface area contributed by atoms with Gasteiger partial charge in [-0.05, 0) is 45.7 Å². The summed E-state index contributed by atoms with van der Waals surface area (Å²) in [5.41, 5.74) is 0.516. The maximum absolute atomic E-state index is 10.6. The minimum atomic E-state index is -0.870. The van der Waals surface area contributed by atoms with Crippen molar-refractivity contribution in [3.05, 3.63) is 17.8 Å². The number of aliphatic carboxylic acids is 1. The highest BCUT2D eigenvalue weighted by molar-refractivity contribution is 5.69. The average molecular weight is 266 g/mol. The quantitative estimate of drug-likeness (QED) is 0.882. The molecule has 5 nitrogen and oxygen atoms in total. The largest absolute Gasteiger partial charge is 0.481 e. The van der Waals surface area contributed by atoms with E-state index < -0.39 is 5.97 Å². The first-order valence-electron chi connectivity index (χ1n) is 6.93. The summed E-state index contributed by atoms with van der Waals surface area (Å²) < 4.78 is 5.35. The van der Waals surface area contributed by atoms with Crippen molar-refractivity contribution in [2.45, 2.75) is 45.6 Å². The summed E-state index contributed by atoms with van der Waals surface area (Å²) in [5, 5.41) is 8.69. The highest BCUT2D eigenvalue weighted by Crippen LogP contribution is 2.22.